The second-order valence-corrected chi connectivity index (χ2v) is 7.67. The van der Waals surface area contributed by atoms with Gasteiger partial charge in [-0.15, -0.1) is 0 Å². The van der Waals surface area contributed by atoms with E-state index in [2.05, 4.69) is 4.74 Å². The third kappa shape index (κ3) is 5.52. The number of rotatable bonds is 12. The molecule has 0 aliphatic carbocycles. The van der Waals surface area contributed by atoms with Crippen LogP contribution in [0.3, 0.4) is 0 Å². The second-order valence-electron chi connectivity index (χ2n) is 7.67. The summed E-state index contributed by atoms with van der Waals surface area (Å²) in [6.07, 6.45) is -7.31. The molecule has 0 aromatic heterocycles. The maximum Gasteiger partial charge on any atom is 0.460 e. The van der Waals surface area contributed by atoms with Gasteiger partial charge in [0.1, 0.15) is 0 Å². The molecule has 0 saturated carbocycles. The van der Waals surface area contributed by atoms with E-state index in [1.807, 2.05) is 0 Å². The summed E-state index contributed by atoms with van der Waals surface area (Å²) in [4.78, 5) is 12.2. The van der Waals surface area contributed by atoms with Gasteiger partial charge >= 0.3 is 41.8 Å². The number of hydrogen-bond donors (Lipinski definition) is 1. The summed E-state index contributed by atoms with van der Waals surface area (Å²) in [5.41, 5.74) is -0.0105. The van der Waals surface area contributed by atoms with Crippen LogP contribution in [0.15, 0.2) is 30.3 Å². The number of carbonyl (C=O) groups excluding carboxylic acids is 1. The molecule has 0 heterocycles. The smallest absolute Gasteiger partial charge is 0.460 e. The van der Waals surface area contributed by atoms with Crippen LogP contribution in [0, 0.1) is 0 Å². The molecule has 0 aliphatic rings. The molecule has 0 fully saturated rings. The molecule has 0 saturated heterocycles. The Balaban J connectivity index is 3.58. The molecule has 0 radical (unpaired) electrons. The van der Waals surface area contributed by atoms with Crippen LogP contribution in [0.1, 0.15) is 38.3 Å². The molecule has 0 unspecified atom stereocenters. The lowest BCUT2D eigenvalue weighted by atomic mass is 9.90. The first-order valence-corrected chi connectivity index (χ1v) is 10.0. The molecule has 16 heteroatoms. The average molecular weight is 553 g/mol. The average Bonchev–Trinajstić information content (AvgIpc) is 2.76. The maximum atomic E-state index is 14.8. The Morgan fingerprint density at radius 3 is 1.72 bits per heavy atom. The number of halogens is 13. The Bertz CT molecular complexity index is 872. The molecule has 1 N–H and O–H groups in total. The number of alkyl halides is 13. The van der Waals surface area contributed by atoms with Crippen LogP contribution in [0.4, 0.5) is 57.1 Å². The van der Waals surface area contributed by atoms with E-state index in [1.54, 1.807) is 0 Å². The molecule has 1 rings (SSSR count). The molecular formula is C20H20F13NO2. The highest BCUT2D eigenvalue weighted by atomic mass is 19.4. The third-order valence-electron chi connectivity index (χ3n) is 5.01. The zero-order chi connectivity index (χ0) is 28.4. The number of unbranched alkanes of at least 4 members (excludes halogenated alkanes) is 1. The molecule has 2 atom stereocenters. The largest absolute Gasteiger partial charge is 0.464 e. The van der Waals surface area contributed by atoms with Crippen molar-refractivity contribution in [2.24, 2.45) is 0 Å². The fraction of sp³-hybridized carbons (Fsp3) is 0.650. The predicted octanol–water partition coefficient (Wildman–Crippen LogP) is 6.79. The van der Waals surface area contributed by atoms with Gasteiger partial charge in [-0.2, -0.15) is 57.1 Å². The minimum atomic E-state index is -8.06. The van der Waals surface area contributed by atoms with Gasteiger partial charge in [0.25, 0.3) is 0 Å². The fourth-order valence-corrected chi connectivity index (χ4v) is 2.77. The number of hydrogen-bond acceptors (Lipinski definition) is 3. The molecule has 36 heavy (non-hydrogen) atoms. The maximum absolute atomic E-state index is 14.8. The Labute approximate surface area is 196 Å². The molecule has 0 bridgehead atoms. The topological polar surface area (TPSA) is 38.3 Å². The van der Waals surface area contributed by atoms with E-state index in [0.29, 0.717) is 0 Å². The van der Waals surface area contributed by atoms with Crippen molar-refractivity contribution in [3.63, 3.8) is 0 Å². The highest BCUT2D eigenvalue weighted by molar-refractivity contribution is 5.77. The highest BCUT2D eigenvalue weighted by Crippen LogP contribution is 2.60. The Kier molecular flexibility index (Phi) is 9.37. The van der Waals surface area contributed by atoms with Crippen LogP contribution in [0.25, 0.3) is 0 Å². The first kappa shape index (κ1) is 31.8. The van der Waals surface area contributed by atoms with Gasteiger partial charge in [-0.25, -0.2) is 0 Å². The van der Waals surface area contributed by atoms with Crippen LogP contribution in [0.2, 0.25) is 0 Å². The summed E-state index contributed by atoms with van der Waals surface area (Å²) in [5.74, 6) is -40.6. The molecule has 0 amide bonds. The Morgan fingerprint density at radius 1 is 0.806 bits per heavy atom. The number of nitrogens with one attached hydrogen (secondary N) is 1. The normalized spacial score (nSPS) is 16.0. The summed E-state index contributed by atoms with van der Waals surface area (Å²) in [6.45, 7) is 1.75. The standard InChI is InChI=1S/C20H20F13NO2/c1-3-4-10-36-14(35)13(34-11(2)12-8-6-5-7-9-12)15(21,22)16(23,24)17(25,26)18(27,28)19(29,30)20(31,32)33/h5-9,11,13,34H,3-4,10H2,1-2H3/t11-,13+/m0/s1. The summed E-state index contributed by atoms with van der Waals surface area (Å²) in [6, 6.07) is 0.994. The molecule has 3 nitrogen and oxygen atoms in total. The van der Waals surface area contributed by atoms with Gasteiger partial charge in [-0.3, -0.25) is 10.1 Å². The molecular weight excluding hydrogens is 533 g/mol. The molecule has 1 aromatic rings. The van der Waals surface area contributed by atoms with Gasteiger partial charge in [-0.1, -0.05) is 43.7 Å². The third-order valence-corrected chi connectivity index (χ3v) is 5.01. The number of ether oxygens (including phenoxy) is 1. The quantitative estimate of drug-likeness (QED) is 0.176. The second kappa shape index (κ2) is 10.6. The lowest BCUT2D eigenvalue weighted by Gasteiger charge is -2.41. The first-order chi connectivity index (χ1) is 16.1. The van der Waals surface area contributed by atoms with Gasteiger partial charge in [0.2, 0.25) is 0 Å². The van der Waals surface area contributed by atoms with Crippen LogP contribution in [-0.2, 0) is 9.53 Å². The van der Waals surface area contributed by atoms with Gasteiger partial charge < -0.3 is 4.74 Å². The Hall–Kier alpha value is -2.26. The lowest BCUT2D eigenvalue weighted by molar-refractivity contribution is -0.440. The van der Waals surface area contributed by atoms with Crippen molar-refractivity contribution in [1.29, 1.82) is 0 Å². The summed E-state index contributed by atoms with van der Waals surface area (Å²) >= 11 is 0. The van der Waals surface area contributed by atoms with Crippen molar-refractivity contribution in [2.75, 3.05) is 6.61 Å². The molecule has 1 aromatic carbocycles. The van der Waals surface area contributed by atoms with E-state index in [0.717, 1.165) is 6.92 Å². The van der Waals surface area contributed by atoms with E-state index in [4.69, 9.17) is 0 Å². The van der Waals surface area contributed by atoms with Crippen LogP contribution in [0.5, 0.6) is 0 Å². The molecule has 208 valence electrons. The van der Waals surface area contributed by atoms with Crippen molar-refractivity contribution in [1.82, 2.24) is 5.32 Å². The van der Waals surface area contributed by atoms with E-state index < -0.39 is 60.4 Å². The van der Waals surface area contributed by atoms with Crippen LogP contribution >= 0.6 is 0 Å². The minimum absolute atomic E-state index is 0.0105. The summed E-state index contributed by atoms with van der Waals surface area (Å²) < 4.78 is 181. The number of esters is 1. The van der Waals surface area contributed by atoms with Gasteiger partial charge in [0.05, 0.1) is 6.61 Å². The van der Waals surface area contributed by atoms with Crippen molar-refractivity contribution in [2.45, 2.75) is 74.6 Å². The fourth-order valence-electron chi connectivity index (χ4n) is 2.77. The molecule has 0 aliphatic heterocycles. The van der Waals surface area contributed by atoms with E-state index in [-0.39, 0.29) is 18.4 Å². The number of benzene rings is 1. The SMILES string of the molecule is CCCCOC(=O)[C@@H](N[C@@H](C)c1ccccc1)C(F)(F)C(F)(F)C(F)(F)C(F)(F)C(F)(F)C(F)(F)F. The van der Waals surface area contributed by atoms with E-state index in [9.17, 15) is 61.9 Å². The summed E-state index contributed by atoms with van der Waals surface area (Å²) in [7, 11) is 0. The lowest BCUT2D eigenvalue weighted by Crippen LogP contribution is -2.73. The first-order valence-electron chi connectivity index (χ1n) is 10.0. The monoisotopic (exact) mass is 553 g/mol. The Morgan fingerprint density at radius 2 is 1.28 bits per heavy atom. The van der Waals surface area contributed by atoms with Crippen LogP contribution < -0.4 is 5.32 Å². The van der Waals surface area contributed by atoms with Crippen LogP contribution in [-0.4, -0.2) is 54.4 Å². The highest BCUT2D eigenvalue weighted by Gasteiger charge is 2.91. The van der Waals surface area contributed by atoms with E-state index >= 15 is 0 Å². The van der Waals surface area contributed by atoms with Crippen molar-refractivity contribution in [3.8, 4) is 0 Å². The minimum Gasteiger partial charge on any atom is -0.464 e. The van der Waals surface area contributed by atoms with Crippen molar-refractivity contribution in [3.05, 3.63) is 35.9 Å². The predicted molar refractivity (Wildman–Crippen MR) is 98.4 cm³/mol. The van der Waals surface area contributed by atoms with Crippen molar-refractivity contribution < 1.29 is 66.6 Å². The number of carbonyl (C=O) groups is 1. The zero-order valence-corrected chi connectivity index (χ0v) is 18.4. The zero-order valence-electron chi connectivity index (χ0n) is 18.4. The van der Waals surface area contributed by atoms with Gasteiger partial charge in [-0.05, 0) is 18.9 Å². The van der Waals surface area contributed by atoms with Crippen molar-refractivity contribution >= 4 is 5.97 Å². The van der Waals surface area contributed by atoms with E-state index in [1.165, 1.54) is 42.6 Å². The molecule has 0 spiro atoms. The van der Waals surface area contributed by atoms with Gasteiger partial charge in [0.15, 0.2) is 6.04 Å². The van der Waals surface area contributed by atoms with Gasteiger partial charge in [0, 0.05) is 6.04 Å². The summed E-state index contributed by atoms with van der Waals surface area (Å²) in [5, 5.41) is 1.51.